The number of nitrogens with one attached hydrogen (secondary N) is 1. The Morgan fingerprint density at radius 3 is 2.79 bits per heavy atom. The van der Waals surface area contributed by atoms with Gasteiger partial charge >= 0.3 is 0 Å². The number of nitrogens with zero attached hydrogens (tertiary/aromatic N) is 2. The molecule has 0 bridgehead atoms. The lowest BCUT2D eigenvalue weighted by Gasteiger charge is -2.34. The molecule has 1 aliphatic carbocycles. The largest absolute Gasteiger partial charge is 0.482 e. The van der Waals surface area contributed by atoms with E-state index < -0.39 is 5.91 Å². The minimum atomic E-state index is -0.459. The second kappa shape index (κ2) is 10.8. The van der Waals surface area contributed by atoms with Gasteiger partial charge < -0.3 is 14.1 Å². The molecule has 1 aromatic heterocycles. The maximum Gasteiger partial charge on any atom is 0.294 e. The Kier molecular flexibility index (Phi) is 7.45. The molecule has 1 aliphatic heterocycles. The third-order valence-corrected chi connectivity index (χ3v) is 7.41. The van der Waals surface area contributed by atoms with Crippen molar-refractivity contribution >= 4 is 46.4 Å². The molecule has 0 saturated heterocycles. The summed E-state index contributed by atoms with van der Waals surface area (Å²) in [6.45, 7) is 3.51. The molecule has 3 aromatic rings. The van der Waals surface area contributed by atoms with Crippen molar-refractivity contribution in [3.8, 4) is 5.75 Å². The molecule has 2 aliphatic rings. The van der Waals surface area contributed by atoms with E-state index in [4.69, 9.17) is 32.4 Å². The molecule has 0 spiro atoms. The monoisotopic (exact) mass is 557 g/mol. The Bertz CT molecular complexity index is 1450. The molecule has 2 aromatic carbocycles. The highest BCUT2D eigenvalue weighted by Gasteiger charge is 2.35. The average Bonchev–Trinajstić information content (AvgIpc) is 3.23. The Balaban J connectivity index is 1.35. The van der Waals surface area contributed by atoms with Gasteiger partial charge in [0, 0.05) is 34.3 Å². The first-order chi connectivity index (χ1) is 18.2. The van der Waals surface area contributed by atoms with Gasteiger partial charge in [0.1, 0.15) is 17.3 Å². The molecular weight excluding hydrogens is 532 g/mol. The number of ether oxygens (including phenoxy) is 1. The second-order valence-corrected chi connectivity index (χ2v) is 10.3. The van der Waals surface area contributed by atoms with Gasteiger partial charge in [-0.15, -0.1) is 0 Å². The van der Waals surface area contributed by atoms with Crippen LogP contribution in [0.3, 0.4) is 0 Å². The van der Waals surface area contributed by atoms with Gasteiger partial charge in [-0.25, -0.2) is 9.82 Å². The van der Waals surface area contributed by atoms with E-state index in [1.165, 1.54) is 18.2 Å². The Hall–Kier alpha value is -3.36. The minimum absolute atomic E-state index is 0.0661. The standard InChI is InChI=1S/C28H26Cl2FN3O4/c1-15-6-7-17-12-19(31)9-10-22(17)34(15)28(36)27-16(2)26-21(4-3-5-24(26)38-27)32-33-25(35)14-37-23-11-8-18(29)13-20(23)30/h8-13,15H,3-7,14H2,1-2H3,(H,33,35)/b32-21+. The average molecular weight is 558 g/mol. The number of hydrogen-bond acceptors (Lipinski definition) is 5. The van der Waals surface area contributed by atoms with Gasteiger partial charge in [-0.1, -0.05) is 23.2 Å². The lowest BCUT2D eigenvalue weighted by atomic mass is 9.92. The number of halogens is 3. The summed E-state index contributed by atoms with van der Waals surface area (Å²) >= 11 is 12.0. The minimum Gasteiger partial charge on any atom is -0.482 e. The van der Waals surface area contributed by atoms with Gasteiger partial charge in [-0.3, -0.25) is 9.59 Å². The van der Waals surface area contributed by atoms with Crippen LogP contribution in [-0.4, -0.2) is 30.2 Å². The maximum atomic E-state index is 13.8. The maximum absolute atomic E-state index is 13.8. The molecule has 1 unspecified atom stereocenters. The van der Waals surface area contributed by atoms with Crippen LogP contribution in [0.25, 0.3) is 0 Å². The molecule has 5 rings (SSSR count). The lowest BCUT2D eigenvalue weighted by molar-refractivity contribution is -0.123. The Labute approximate surface area is 229 Å². The van der Waals surface area contributed by atoms with E-state index in [1.54, 1.807) is 23.1 Å². The molecule has 0 radical (unpaired) electrons. The molecule has 7 nitrogen and oxygen atoms in total. The van der Waals surface area contributed by atoms with Crippen molar-refractivity contribution in [3.05, 3.63) is 80.5 Å². The zero-order chi connectivity index (χ0) is 27.0. The van der Waals surface area contributed by atoms with E-state index in [-0.39, 0.29) is 30.1 Å². The van der Waals surface area contributed by atoms with Crippen LogP contribution >= 0.6 is 23.2 Å². The molecule has 198 valence electrons. The van der Waals surface area contributed by atoms with Gasteiger partial charge in [0.05, 0.1) is 10.7 Å². The number of amides is 2. The summed E-state index contributed by atoms with van der Waals surface area (Å²) in [6, 6.07) is 9.17. The van der Waals surface area contributed by atoms with E-state index in [0.29, 0.717) is 57.8 Å². The van der Waals surface area contributed by atoms with Gasteiger partial charge in [0.15, 0.2) is 12.4 Å². The van der Waals surface area contributed by atoms with Crippen molar-refractivity contribution in [1.29, 1.82) is 0 Å². The number of hydrogen-bond donors (Lipinski definition) is 1. The quantitative estimate of drug-likeness (QED) is 0.375. The van der Waals surface area contributed by atoms with Crippen molar-refractivity contribution in [2.75, 3.05) is 11.5 Å². The molecule has 1 atom stereocenters. The number of benzene rings is 2. The number of hydrazone groups is 1. The van der Waals surface area contributed by atoms with Crippen molar-refractivity contribution in [3.63, 3.8) is 0 Å². The zero-order valence-electron chi connectivity index (χ0n) is 20.9. The van der Waals surface area contributed by atoms with Crippen molar-refractivity contribution in [2.24, 2.45) is 5.10 Å². The molecule has 1 N–H and O–H groups in total. The van der Waals surface area contributed by atoms with E-state index in [9.17, 15) is 14.0 Å². The first kappa shape index (κ1) is 26.3. The summed E-state index contributed by atoms with van der Waals surface area (Å²) in [5, 5.41) is 5.10. The summed E-state index contributed by atoms with van der Waals surface area (Å²) in [5.41, 5.74) is 6.08. The Morgan fingerprint density at radius 1 is 1.18 bits per heavy atom. The van der Waals surface area contributed by atoms with Crippen LogP contribution in [0.1, 0.15) is 59.2 Å². The fraction of sp³-hybridized carbons (Fsp3) is 0.321. The van der Waals surface area contributed by atoms with Gasteiger partial charge in [0.2, 0.25) is 0 Å². The third kappa shape index (κ3) is 5.15. The summed E-state index contributed by atoms with van der Waals surface area (Å²) in [4.78, 5) is 27.8. The highest BCUT2D eigenvalue weighted by Crippen LogP contribution is 2.36. The first-order valence-corrected chi connectivity index (χ1v) is 13.2. The van der Waals surface area contributed by atoms with E-state index in [2.05, 4.69) is 10.5 Å². The molecule has 0 fully saturated rings. The van der Waals surface area contributed by atoms with Crippen LogP contribution < -0.4 is 15.1 Å². The fourth-order valence-electron chi connectivity index (χ4n) is 5.02. The van der Waals surface area contributed by atoms with Gasteiger partial charge in [-0.05, 0) is 81.5 Å². The fourth-order valence-corrected chi connectivity index (χ4v) is 5.48. The number of fused-ring (bicyclic) bond motifs is 2. The Morgan fingerprint density at radius 2 is 2.00 bits per heavy atom. The third-order valence-electron chi connectivity index (χ3n) is 6.88. The number of carbonyl (C=O) groups is 2. The molecule has 2 heterocycles. The molecular formula is C28H26Cl2FN3O4. The lowest BCUT2D eigenvalue weighted by Crippen LogP contribution is -2.42. The number of rotatable bonds is 5. The predicted octanol–water partition coefficient (Wildman–Crippen LogP) is 6.25. The van der Waals surface area contributed by atoms with Gasteiger partial charge in [-0.2, -0.15) is 5.10 Å². The molecule has 10 heteroatoms. The van der Waals surface area contributed by atoms with Crippen LogP contribution in [0.4, 0.5) is 10.1 Å². The molecule has 2 amide bonds. The van der Waals surface area contributed by atoms with Crippen molar-refractivity contribution in [1.82, 2.24) is 5.43 Å². The molecule has 38 heavy (non-hydrogen) atoms. The van der Waals surface area contributed by atoms with Crippen LogP contribution in [0, 0.1) is 12.7 Å². The summed E-state index contributed by atoms with van der Waals surface area (Å²) in [5.74, 6) is 0.190. The molecule has 0 saturated carbocycles. The van der Waals surface area contributed by atoms with Crippen LogP contribution in [-0.2, 0) is 17.6 Å². The van der Waals surface area contributed by atoms with E-state index in [0.717, 1.165) is 24.0 Å². The van der Waals surface area contributed by atoms with Crippen LogP contribution in [0.15, 0.2) is 45.9 Å². The van der Waals surface area contributed by atoms with Crippen LogP contribution in [0.5, 0.6) is 5.75 Å². The smallest absolute Gasteiger partial charge is 0.294 e. The summed E-state index contributed by atoms with van der Waals surface area (Å²) in [7, 11) is 0. The number of carbonyl (C=O) groups excluding carboxylic acids is 2. The predicted molar refractivity (Wildman–Crippen MR) is 144 cm³/mol. The highest BCUT2D eigenvalue weighted by atomic mass is 35.5. The van der Waals surface area contributed by atoms with E-state index in [1.807, 2.05) is 13.8 Å². The van der Waals surface area contributed by atoms with Crippen LogP contribution in [0.2, 0.25) is 10.0 Å². The topological polar surface area (TPSA) is 84.1 Å². The van der Waals surface area contributed by atoms with Gasteiger partial charge in [0.25, 0.3) is 11.8 Å². The normalized spacial score (nSPS) is 17.7. The first-order valence-electron chi connectivity index (χ1n) is 12.4. The number of anilines is 1. The second-order valence-electron chi connectivity index (χ2n) is 9.50. The zero-order valence-corrected chi connectivity index (χ0v) is 22.5. The summed E-state index contributed by atoms with van der Waals surface area (Å²) in [6.07, 6.45) is 3.47. The SMILES string of the molecule is Cc1c(C(=O)N2c3ccc(F)cc3CCC2C)oc2c1/C(=N/NC(=O)COc1ccc(Cl)cc1Cl)CCC2. The summed E-state index contributed by atoms with van der Waals surface area (Å²) < 4.78 is 25.4. The highest BCUT2D eigenvalue weighted by molar-refractivity contribution is 6.35. The van der Waals surface area contributed by atoms with Crippen molar-refractivity contribution in [2.45, 2.75) is 52.0 Å². The van der Waals surface area contributed by atoms with E-state index >= 15 is 0 Å². The number of furan rings is 1. The van der Waals surface area contributed by atoms with Crippen molar-refractivity contribution < 1.29 is 23.1 Å². The number of aryl methyl sites for hydroxylation is 2.